The van der Waals surface area contributed by atoms with Crippen molar-refractivity contribution in [2.75, 3.05) is 0 Å². The highest BCUT2D eigenvalue weighted by Crippen LogP contribution is 2.38. The van der Waals surface area contributed by atoms with E-state index in [1.165, 1.54) is 78.7 Å². The lowest BCUT2D eigenvalue weighted by atomic mass is 9.85. The normalized spacial score (nSPS) is 18.0. The molecule has 0 aliphatic heterocycles. The van der Waals surface area contributed by atoms with Crippen LogP contribution in [-0.4, -0.2) is 4.98 Å². The first-order valence-electron chi connectivity index (χ1n) is 9.34. The van der Waals surface area contributed by atoms with E-state index in [0.29, 0.717) is 0 Å². The molecule has 0 unspecified atom stereocenters. The summed E-state index contributed by atoms with van der Waals surface area (Å²) in [6.07, 6.45) is 11.2. The fraction of sp³-hybridized carbons (Fsp3) is 0.455. The molecule has 0 radical (unpaired) electrons. The van der Waals surface area contributed by atoms with Crippen LogP contribution in [0.3, 0.4) is 0 Å². The lowest BCUT2D eigenvalue weighted by Crippen LogP contribution is -2.02. The molecule has 0 amide bonds. The molecule has 4 rings (SSSR count). The number of nitrogens with one attached hydrogen (secondary N) is 1. The molecule has 23 heavy (non-hydrogen) atoms. The molecule has 120 valence electrons. The maximum Gasteiger partial charge on any atom is 0.0502 e. The summed E-state index contributed by atoms with van der Waals surface area (Å²) >= 11 is 0. The summed E-state index contributed by atoms with van der Waals surface area (Å²) in [4.78, 5) is 3.74. The molecule has 0 saturated heterocycles. The molecular weight excluding hydrogens is 278 g/mol. The molecule has 1 heterocycles. The highest BCUT2D eigenvalue weighted by molar-refractivity contribution is 6.08. The van der Waals surface area contributed by atoms with Crippen molar-refractivity contribution in [1.29, 1.82) is 0 Å². The predicted octanol–water partition coefficient (Wildman–Crippen LogP) is 6.85. The van der Waals surface area contributed by atoms with Crippen LogP contribution in [0.4, 0.5) is 0 Å². The average Bonchev–Trinajstić information content (AvgIpc) is 2.99. The van der Waals surface area contributed by atoms with E-state index >= 15 is 0 Å². The maximum atomic E-state index is 3.74. The van der Waals surface area contributed by atoms with Crippen molar-refractivity contribution in [1.82, 2.24) is 4.98 Å². The minimum absolute atomic E-state index is 0.727. The highest BCUT2D eigenvalue weighted by Gasteiger charge is 2.19. The van der Waals surface area contributed by atoms with Gasteiger partial charge in [-0.05, 0) is 42.9 Å². The number of hydrogen-bond donors (Lipinski definition) is 1. The van der Waals surface area contributed by atoms with Gasteiger partial charge >= 0.3 is 0 Å². The average molecular weight is 305 g/mol. The SMILES string of the molecule is Cc1ccc2c([nH]c3ccccc32)c1C1CCCCCCCC1. The largest absolute Gasteiger partial charge is 0.354 e. The van der Waals surface area contributed by atoms with Gasteiger partial charge in [0.25, 0.3) is 0 Å². The van der Waals surface area contributed by atoms with E-state index in [1.807, 2.05) is 0 Å². The number of H-pyrrole nitrogens is 1. The van der Waals surface area contributed by atoms with Gasteiger partial charge in [0.1, 0.15) is 0 Å². The number of aryl methyl sites for hydroxylation is 1. The number of para-hydroxylation sites is 1. The fourth-order valence-electron chi connectivity index (χ4n) is 4.49. The molecule has 1 aromatic heterocycles. The molecular formula is C22H27N. The molecule has 0 bridgehead atoms. The molecule has 1 saturated carbocycles. The standard InChI is InChI=1S/C22H27N/c1-16-14-15-19-18-12-8-9-13-20(18)23-22(19)21(16)17-10-6-4-2-3-5-7-11-17/h8-9,12-15,17,23H,2-7,10-11H2,1H3. The van der Waals surface area contributed by atoms with Gasteiger partial charge in [-0.15, -0.1) is 0 Å². The number of hydrogen-bond acceptors (Lipinski definition) is 0. The van der Waals surface area contributed by atoms with Gasteiger partial charge in [-0.1, -0.05) is 68.9 Å². The van der Waals surface area contributed by atoms with Crippen molar-refractivity contribution in [2.45, 2.75) is 64.2 Å². The summed E-state index contributed by atoms with van der Waals surface area (Å²) in [5.74, 6) is 0.727. The number of benzene rings is 2. The molecule has 0 atom stereocenters. The smallest absolute Gasteiger partial charge is 0.0502 e. The molecule has 1 nitrogen and oxygen atoms in total. The monoisotopic (exact) mass is 305 g/mol. The van der Waals surface area contributed by atoms with E-state index in [1.54, 1.807) is 5.56 Å². The van der Waals surface area contributed by atoms with Gasteiger partial charge in [-0.3, -0.25) is 0 Å². The number of rotatable bonds is 1. The van der Waals surface area contributed by atoms with Crippen LogP contribution in [0.1, 0.15) is 68.4 Å². The quantitative estimate of drug-likeness (QED) is 0.506. The van der Waals surface area contributed by atoms with E-state index in [4.69, 9.17) is 0 Å². The zero-order chi connectivity index (χ0) is 15.6. The van der Waals surface area contributed by atoms with Crippen molar-refractivity contribution in [3.63, 3.8) is 0 Å². The number of aromatic amines is 1. The van der Waals surface area contributed by atoms with Crippen LogP contribution >= 0.6 is 0 Å². The van der Waals surface area contributed by atoms with Crippen LogP contribution in [0.5, 0.6) is 0 Å². The van der Waals surface area contributed by atoms with E-state index in [9.17, 15) is 0 Å². The van der Waals surface area contributed by atoms with Gasteiger partial charge < -0.3 is 4.98 Å². The molecule has 1 fully saturated rings. The molecule has 1 N–H and O–H groups in total. The number of aromatic nitrogens is 1. The Morgan fingerprint density at radius 1 is 0.783 bits per heavy atom. The van der Waals surface area contributed by atoms with Crippen molar-refractivity contribution in [2.24, 2.45) is 0 Å². The second-order valence-electron chi connectivity index (χ2n) is 7.28. The lowest BCUT2D eigenvalue weighted by molar-refractivity contribution is 0.540. The van der Waals surface area contributed by atoms with Crippen molar-refractivity contribution in [3.8, 4) is 0 Å². The van der Waals surface area contributed by atoms with Gasteiger partial charge in [-0.2, -0.15) is 0 Å². The zero-order valence-corrected chi connectivity index (χ0v) is 14.2. The fourth-order valence-corrected chi connectivity index (χ4v) is 4.49. The Morgan fingerprint density at radius 2 is 1.48 bits per heavy atom. The first-order valence-corrected chi connectivity index (χ1v) is 9.34. The second kappa shape index (κ2) is 6.39. The van der Waals surface area contributed by atoms with Gasteiger partial charge in [0.2, 0.25) is 0 Å². The molecule has 0 spiro atoms. The van der Waals surface area contributed by atoms with Crippen LogP contribution < -0.4 is 0 Å². The van der Waals surface area contributed by atoms with Crippen LogP contribution in [0.25, 0.3) is 21.8 Å². The van der Waals surface area contributed by atoms with Crippen LogP contribution in [-0.2, 0) is 0 Å². The molecule has 1 aliphatic carbocycles. The van der Waals surface area contributed by atoms with E-state index in [-0.39, 0.29) is 0 Å². The summed E-state index contributed by atoms with van der Waals surface area (Å²) in [6.45, 7) is 2.30. The van der Waals surface area contributed by atoms with Crippen LogP contribution in [0, 0.1) is 6.92 Å². The summed E-state index contributed by atoms with van der Waals surface area (Å²) in [7, 11) is 0. The Labute approximate surface area is 139 Å². The van der Waals surface area contributed by atoms with Crippen molar-refractivity contribution < 1.29 is 0 Å². The zero-order valence-electron chi connectivity index (χ0n) is 14.2. The summed E-state index contributed by atoms with van der Waals surface area (Å²) in [6, 6.07) is 13.4. The second-order valence-corrected chi connectivity index (χ2v) is 7.28. The summed E-state index contributed by atoms with van der Waals surface area (Å²) in [5.41, 5.74) is 5.74. The van der Waals surface area contributed by atoms with Gasteiger partial charge in [0.15, 0.2) is 0 Å². The third kappa shape index (κ3) is 2.78. The summed E-state index contributed by atoms with van der Waals surface area (Å²) in [5, 5.41) is 2.77. The van der Waals surface area contributed by atoms with Gasteiger partial charge in [-0.25, -0.2) is 0 Å². The minimum atomic E-state index is 0.727. The third-order valence-corrected chi connectivity index (χ3v) is 5.70. The highest BCUT2D eigenvalue weighted by atomic mass is 14.7. The molecule has 3 aromatic rings. The Balaban J connectivity index is 1.85. The minimum Gasteiger partial charge on any atom is -0.354 e. The first kappa shape index (κ1) is 14.8. The predicted molar refractivity (Wildman–Crippen MR) is 100 cm³/mol. The third-order valence-electron chi connectivity index (χ3n) is 5.70. The summed E-state index contributed by atoms with van der Waals surface area (Å²) < 4.78 is 0. The van der Waals surface area contributed by atoms with Crippen molar-refractivity contribution in [3.05, 3.63) is 47.5 Å². The van der Waals surface area contributed by atoms with Crippen molar-refractivity contribution >= 4 is 21.8 Å². The Bertz CT molecular complexity index is 801. The van der Waals surface area contributed by atoms with Gasteiger partial charge in [0.05, 0.1) is 5.52 Å². The lowest BCUT2D eigenvalue weighted by Gasteiger charge is -2.20. The molecule has 1 aliphatic rings. The van der Waals surface area contributed by atoms with E-state index in [0.717, 1.165) is 5.92 Å². The van der Waals surface area contributed by atoms with E-state index < -0.39 is 0 Å². The van der Waals surface area contributed by atoms with Crippen LogP contribution in [0.15, 0.2) is 36.4 Å². The molecule has 1 heteroatoms. The first-order chi connectivity index (χ1) is 11.3. The Kier molecular flexibility index (Phi) is 4.11. The maximum absolute atomic E-state index is 3.74. The van der Waals surface area contributed by atoms with E-state index in [2.05, 4.69) is 48.3 Å². The Hall–Kier alpha value is -1.76. The Morgan fingerprint density at radius 3 is 2.26 bits per heavy atom. The number of fused-ring (bicyclic) bond motifs is 3. The van der Waals surface area contributed by atoms with Crippen LogP contribution in [0.2, 0.25) is 0 Å². The molecule has 2 aromatic carbocycles. The van der Waals surface area contributed by atoms with Gasteiger partial charge in [0, 0.05) is 16.3 Å². The topological polar surface area (TPSA) is 15.8 Å².